The molecule has 1 saturated heterocycles. The molecule has 0 saturated carbocycles. The van der Waals surface area contributed by atoms with Gasteiger partial charge in [-0.05, 0) is 30.3 Å². The van der Waals surface area contributed by atoms with Gasteiger partial charge in [0.05, 0.1) is 20.2 Å². The van der Waals surface area contributed by atoms with Crippen LogP contribution < -0.4 is 9.47 Å². The molecule has 160 valence electrons. The number of aromatic nitrogens is 2. The number of amides is 1. The van der Waals surface area contributed by atoms with Crippen molar-refractivity contribution in [2.75, 3.05) is 20.2 Å². The maximum absolute atomic E-state index is 12.7. The average molecular weight is 429 g/mol. The Balaban J connectivity index is 1.36. The fraction of sp³-hybridized carbons (Fsp3) is 0.238. The second-order valence-electron chi connectivity index (χ2n) is 6.81. The van der Waals surface area contributed by atoms with E-state index in [9.17, 15) is 18.4 Å². The number of methoxy groups -OCH3 is 1. The van der Waals surface area contributed by atoms with E-state index in [-0.39, 0.29) is 23.4 Å². The Kier molecular flexibility index (Phi) is 5.61. The van der Waals surface area contributed by atoms with Crippen LogP contribution in [-0.4, -0.2) is 53.6 Å². The Labute approximate surface area is 175 Å². The SMILES string of the molecule is COc1cc(C=O)ccc1OC1CN(C(=O)c2nnc(-c3ccc(C(F)F)cc3)o2)C1. The minimum Gasteiger partial charge on any atom is -0.493 e. The van der Waals surface area contributed by atoms with Crippen LogP contribution in [0.25, 0.3) is 11.5 Å². The summed E-state index contributed by atoms with van der Waals surface area (Å²) < 4.78 is 41.8. The number of hydrogen-bond donors (Lipinski definition) is 0. The summed E-state index contributed by atoms with van der Waals surface area (Å²) in [6.45, 7) is 0.608. The van der Waals surface area contributed by atoms with Gasteiger partial charge in [-0.2, -0.15) is 0 Å². The first-order valence-corrected chi connectivity index (χ1v) is 9.29. The quantitative estimate of drug-likeness (QED) is 0.531. The number of rotatable bonds is 7. The van der Waals surface area contributed by atoms with Gasteiger partial charge >= 0.3 is 11.8 Å². The molecule has 4 rings (SSSR count). The molecular formula is C21H17F2N3O5. The lowest BCUT2D eigenvalue weighted by atomic mass is 10.1. The van der Waals surface area contributed by atoms with Gasteiger partial charge in [0.1, 0.15) is 12.4 Å². The number of halogens is 2. The minimum absolute atomic E-state index is 0.0671. The zero-order valence-corrected chi connectivity index (χ0v) is 16.3. The third-order valence-corrected chi connectivity index (χ3v) is 4.77. The van der Waals surface area contributed by atoms with Crippen LogP contribution in [0.4, 0.5) is 8.78 Å². The topological polar surface area (TPSA) is 94.8 Å². The number of ether oxygens (including phenoxy) is 2. The predicted octanol–water partition coefficient (Wildman–Crippen LogP) is 3.40. The van der Waals surface area contributed by atoms with E-state index < -0.39 is 12.3 Å². The molecule has 2 heterocycles. The fourth-order valence-corrected chi connectivity index (χ4v) is 3.05. The van der Waals surface area contributed by atoms with Gasteiger partial charge in [-0.1, -0.05) is 12.1 Å². The molecule has 1 amide bonds. The van der Waals surface area contributed by atoms with E-state index >= 15 is 0 Å². The van der Waals surface area contributed by atoms with Gasteiger partial charge in [0.15, 0.2) is 11.5 Å². The Morgan fingerprint density at radius 3 is 2.55 bits per heavy atom. The summed E-state index contributed by atoms with van der Waals surface area (Å²) in [4.78, 5) is 24.9. The summed E-state index contributed by atoms with van der Waals surface area (Å²) in [5.41, 5.74) is 0.779. The van der Waals surface area contributed by atoms with Crippen molar-refractivity contribution < 1.29 is 32.3 Å². The summed E-state index contributed by atoms with van der Waals surface area (Å²) in [6, 6.07) is 10.2. The second kappa shape index (κ2) is 8.50. The Morgan fingerprint density at radius 1 is 1.16 bits per heavy atom. The van der Waals surface area contributed by atoms with E-state index in [2.05, 4.69) is 10.2 Å². The van der Waals surface area contributed by atoms with E-state index in [1.54, 1.807) is 18.2 Å². The molecule has 0 N–H and O–H groups in total. The van der Waals surface area contributed by atoms with Gasteiger partial charge in [0.25, 0.3) is 6.43 Å². The largest absolute Gasteiger partial charge is 0.493 e. The van der Waals surface area contributed by atoms with Gasteiger partial charge in [0, 0.05) is 16.7 Å². The van der Waals surface area contributed by atoms with Crippen LogP contribution in [0.1, 0.15) is 33.0 Å². The molecule has 0 radical (unpaired) electrons. The molecule has 3 aromatic rings. The Bertz CT molecular complexity index is 1090. The lowest BCUT2D eigenvalue weighted by molar-refractivity contribution is 0.0141. The highest BCUT2D eigenvalue weighted by molar-refractivity contribution is 5.90. The van der Waals surface area contributed by atoms with Crippen molar-refractivity contribution in [3.63, 3.8) is 0 Å². The van der Waals surface area contributed by atoms with Crippen molar-refractivity contribution in [1.82, 2.24) is 15.1 Å². The van der Waals surface area contributed by atoms with E-state index in [1.165, 1.54) is 36.3 Å². The van der Waals surface area contributed by atoms with Gasteiger partial charge < -0.3 is 18.8 Å². The molecule has 1 aromatic heterocycles. The third-order valence-electron chi connectivity index (χ3n) is 4.77. The van der Waals surface area contributed by atoms with Crippen molar-refractivity contribution in [3.8, 4) is 23.0 Å². The van der Waals surface area contributed by atoms with Gasteiger partial charge in [-0.15, -0.1) is 10.2 Å². The zero-order chi connectivity index (χ0) is 22.0. The zero-order valence-electron chi connectivity index (χ0n) is 16.3. The van der Waals surface area contributed by atoms with Crippen LogP contribution in [0, 0.1) is 0 Å². The van der Waals surface area contributed by atoms with Crippen LogP contribution in [0.15, 0.2) is 46.9 Å². The van der Waals surface area contributed by atoms with Crippen molar-refractivity contribution in [1.29, 1.82) is 0 Å². The highest BCUT2D eigenvalue weighted by Gasteiger charge is 2.36. The van der Waals surface area contributed by atoms with E-state index in [4.69, 9.17) is 13.9 Å². The summed E-state index contributed by atoms with van der Waals surface area (Å²) in [5, 5.41) is 7.58. The summed E-state index contributed by atoms with van der Waals surface area (Å²) >= 11 is 0. The van der Waals surface area contributed by atoms with Crippen molar-refractivity contribution in [2.45, 2.75) is 12.5 Å². The van der Waals surface area contributed by atoms with E-state index in [0.717, 1.165) is 0 Å². The number of nitrogens with zero attached hydrogens (tertiary/aromatic N) is 3. The predicted molar refractivity (Wildman–Crippen MR) is 103 cm³/mol. The molecule has 0 bridgehead atoms. The summed E-state index contributed by atoms with van der Waals surface area (Å²) in [6.07, 6.45) is -2.12. The molecule has 8 nitrogen and oxygen atoms in total. The maximum atomic E-state index is 12.7. The lowest BCUT2D eigenvalue weighted by Gasteiger charge is -2.38. The molecular weight excluding hydrogens is 412 g/mol. The first kappa shape index (κ1) is 20.5. The standard InChI is InChI=1S/C21H17F2N3O5/c1-29-17-8-12(11-27)2-7-16(17)30-15-9-26(10-15)21(28)20-25-24-19(31-20)14-5-3-13(4-6-14)18(22)23/h2-8,11,15,18H,9-10H2,1H3. The maximum Gasteiger partial charge on any atom is 0.311 e. The highest BCUT2D eigenvalue weighted by atomic mass is 19.3. The number of benzene rings is 2. The molecule has 2 aromatic carbocycles. The summed E-state index contributed by atoms with van der Waals surface area (Å²) in [7, 11) is 1.47. The molecule has 0 atom stereocenters. The van der Waals surface area contributed by atoms with Gasteiger partial charge in [0.2, 0.25) is 5.89 Å². The third kappa shape index (κ3) is 4.23. The van der Waals surface area contributed by atoms with E-state index in [0.29, 0.717) is 42.0 Å². The molecule has 31 heavy (non-hydrogen) atoms. The molecule has 1 fully saturated rings. The lowest BCUT2D eigenvalue weighted by Crippen LogP contribution is -2.56. The molecule has 0 spiro atoms. The normalized spacial score (nSPS) is 13.7. The first-order chi connectivity index (χ1) is 15.0. The number of likely N-dealkylation sites (tertiary alicyclic amines) is 1. The number of hydrogen-bond acceptors (Lipinski definition) is 7. The van der Waals surface area contributed by atoms with Gasteiger partial charge in [-0.3, -0.25) is 9.59 Å². The van der Waals surface area contributed by atoms with Crippen LogP contribution in [0.2, 0.25) is 0 Å². The Morgan fingerprint density at radius 2 is 1.90 bits per heavy atom. The highest BCUT2D eigenvalue weighted by Crippen LogP contribution is 2.30. The van der Waals surface area contributed by atoms with Crippen molar-refractivity contribution >= 4 is 12.2 Å². The number of carbonyl (C=O) groups is 2. The molecule has 0 unspecified atom stereocenters. The smallest absolute Gasteiger partial charge is 0.311 e. The minimum atomic E-state index is -2.57. The molecule has 10 heteroatoms. The molecule has 1 aliphatic heterocycles. The van der Waals surface area contributed by atoms with Crippen LogP contribution >= 0.6 is 0 Å². The molecule has 1 aliphatic rings. The van der Waals surface area contributed by atoms with Gasteiger partial charge in [-0.25, -0.2) is 8.78 Å². The van der Waals surface area contributed by atoms with Crippen molar-refractivity contribution in [3.05, 3.63) is 59.5 Å². The van der Waals surface area contributed by atoms with Crippen LogP contribution in [-0.2, 0) is 0 Å². The van der Waals surface area contributed by atoms with Crippen LogP contribution in [0.3, 0.4) is 0 Å². The molecule has 0 aliphatic carbocycles. The Hall–Kier alpha value is -3.82. The number of aldehydes is 1. The average Bonchev–Trinajstić information content (AvgIpc) is 3.26. The number of alkyl halides is 2. The monoisotopic (exact) mass is 429 g/mol. The van der Waals surface area contributed by atoms with Crippen LogP contribution in [0.5, 0.6) is 11.5 Å². The van der Waals surface area contributed by atoms with E-state index in [1.807, 2.05) is 0 Å². The second-order valence-corrected chi connectivity index (χ2v) is 6.81. The fourth-order valence-electron chi connectivity index (χ4n) is 3.05. The van der Waals surface area contributed by atoms with Crippen molar-refractivity contribution in [2.24, 2.45) is 0 Å². The summed E-state index contributed by atoms with van der Waals surface area (Å²) in [5.74, 6) is 0.314. The first-order valence-electron chi connectivity index (χ1n) is 9.29. The number of carbonyl (C=O) groups excluding carboxylic acids is 2.